The molecule has 0 fully saturated rings. The van der Waals surface area contributed by atoms with E-state index in [1.54, 1.807) is 11.3 Å². The van der Waals surface area contributed by atoms with Crippen molar-refractivity contribution in [1.29, 1.82) is 0 Å². The summed E-state index contributed by atoms with van der Waals surface area (Å²) >= 11 is 1.77. The number of nitrogens with one attached hydrogen (secondary N) is 1. The molecular formula is C14H16N2S. The molecule has 0 radical (unpaired) electrons. The molecule has 0 aliphatic carbocycles. The Bertz CT molecular complexity index is 548. The largest absolute Gasteiger partial charge is 0.329 e. The van der Waals surface area contributed by atoms with Crippen LogP contribution in [0.4, 0.5) is 0 Å². The first-order valence-corrected chi connectivity index (χ1v) is 6.54. The fourth-order valence-corrected chi connectivity index (χ4v) is 2.87. The van der Waals surface area contributed by atoms with Crippen LogP contribution in [-0.4, -0.2) is 13.1 Å². The average Bonchev–Trinajstić information content (AvgIpc) is 2.79. The Hall–Kier alpha value is -1.34. The Morgan fingerprint density at radius 1 is 1.41 bits per heavy atom. The molecule has 1 heterocycles. The molecule has 3 N–H and O–H groups in total. The highest BCUT2D eigenvalue weighted by atomic mass is 32.1. The number of hydrogen-bond acceptors (Lipinski definition) is 3. The second-order valence-corrected chi connectivity index (χ2v) is 4.69. The highest BCUT2D eigenvalue weighted by Crippen LogP contribution is 2.29. The molecule has 0 bridgehead atoms. The van der Waals surface area contributed by atoms with E-state index in [9.17, 15) is 0 Å². The maximum absolute atomic E-state index is 5.83. The monoisotopic (exact) mass is 244 g/mol. The quantitative estimate of drug-likeness (QED) is 0.811. The lowest BCUT2D eigenvalue weighted by molar-refractivity contribution is 0.587. The molecule has 0 spiro atoms. The van der Waals surface area contributed by atoms with E-state index in [1.165, 1.54) is 15.6 Å². The van der Waals surface area contributed by atoms with E-state index in [0.717, 1.165) is 0 Å². The number of nitrogens with two attached hydrogens (primary N) is 1. The number of hydrogen-bond donors (Lipinski definition) is 2. The predicted octanol–water partition coefficient (Wildman–Crippen LogP) is 2.51. The van der Waals surface area contributed by atoms with Gasteiger partial charge in [-0.25, -0.2) is 0 Å². The van der Waals surface area contributed by atoms with Crippen LogP contribution in [0.25, 0.3) is 10.1 Å². The van der Waals surface area contributed by atoms with Gasteiger partial charge in [-0.05, 0) is 29.3 Å². The van der Waals surface area contributed by atoms with Crippen LogP contribution < -0.4 is 11.1 Å². The third kappa shape index (κ3) is 2.67. The third-order valence-electron chi connectivity index (χ3n) is 2.74. The number of rotatable bonds is 4. The Labute approximate surface area is 106 Å². The summed E-state index contributed by atoms with van der Waals surface area (Å²) in [7, 11) is 0. The zero-order valence-corrected chi connectivity index (χ0v) is 10.7. The molecule has 1 aromatic heterocycles. The first kappa shape index (κ1) is 12.1. The van der Waals surface area contributed by atoms with E-state index in [-0.39, 0.29) is 6.04 Å². The lowest BCUT2D eigenvalue weighted by Gasteiger charge is -2.14. The van der Waals surface area contributed by atoms with Crippen LogP contribution in [0.15, 0.2) is 29.6 Å². The lowest BCUT2D eigenvalue weighted by Crippen LogP contribution is -2.28. The van der Waals surface area contributed by atoms with Crippen LogP contribution in [0.5, 0.6) is 0 Å². The average molecular weight is 244 g/mol. The van der Waals surface area contributed by atoms with Gasteiger partial charge < -0.3 is 5.73 Å². The zero-order valence-electron chi connectivity index (χ0n) is 9.86. The van der Waals surface area contributed by atoms with E-state index in [4.69, 9.17) is 5.73 Å². The Kier molecular flexibility index (Phi) is 4.16. The van der Waals surface area contributed by atoms with Gasteiger partial charge in [0, 0.05) is 17.3 Å². The molecule has 0 saturated carbocycles. The second kappa shape index (κ2) is 5.83. The Balaban J connectivity index is 2.25. The zero-order chi connectivity index (χ0) is 12.1. The summed E-state index contributed by atoms with van der Waals surface area (Å²) in [4.78, 5) is 0. The number of thiophene rings is 1. The maximum Gasteiger partial charge on any atom is 0.0581 e. The minimum absolute atomic E-state index is 0.187. The molecular weight excluding hydrogens is 228 g/mol. The van der Waals surface area contributed by atoms with Crippen LogP contribution in [0, 0.1) is 11.8 Å². The summed E-state index contributed by atoms with van der Waals surface area (Å²) in [5.41, 5.74) is 7.11. The van der Waals surface area contributed by atoms with Crippen molar-refractivity contribution in [3.8, 4) is 11.8 Å². The summed E-state index contributed by atoms with van der Waals surface area (Å²) in [6.07, 6.45) is 0. The van der Waals surface area contributed by atoms with Crippen LogP contribution in [-0.2, 0) is 0 Å². The molecule has 17 heavy (non-hydrogen) atoms. The molecule has 0 saturated heterocycles. The molecule has 1 unspecified atom stereocenters. The summed E-state index contributed by atoms with van der Waals surface area (Å²) in [5.74, 6) is 5.89. The van der Waals surface area contributed by atoms with Crippen LogP contribution in [0.3, 0.4) is 0 Å². The van der Waals surface area contributed by atoms with Crippen LogP contribution in [0.2, 0.25) is 0 Å². The fourth-order valence-electron chi connectivity index (χ4n) is 1.85. The lowest BCUT2D eigenvalue weighted by atomic mass is 10.1. The van der Waals surface area contributed by atoms with Crippen molar-refractivity contribution in [3.63, 3.8) is 0 Å². The van der Waals surface area contributed by atoms with Crippen LogP contribution >= 0.6 is 11.3 Å². The van der Waals surface area contributed by atoms with Gasteiger partial charge in [-0.15, -0.1) is 17.3 Å². The summed E-state index contributed by atoms with van der Waals surface area (Å²) in [5, 5.41) is 6.86. The molecule has 2 aromatic rings. The van der Waals surface area contributed by atoms with Crippen molar-refractivity contribution in [1.82, 2.24) is 5.32 Å². The van der Waals surface area contributed by atoms with Gasteiger partial charge in [0.15, 0.2) is 0 Å². The highest BCUT2D eigenvalue weighted by molar-refractivity contribution is 7.17. The smallest absolute Gasteiger partial charge is 0.0581 e. The minimum atomic E-state index is 0.187. The van der Waals surface area contributed by atoms with Crippen molar-refractivity contribution in [3.05, 3.63) is 35.2 Å². The molecule has 1 aromatic carbocycles. The molecule has 2 rings (SSSR count). The van der Waals surface area contributed by atoms with Gasteiger partial charge in [0.1, 0.15) is 0 Å². The van der Waals surface area contributed by atoms with Crippen molar-refractivity contribution in [2.24, 2.45) is 5.73 Å². The van der Waals surface area contributed by atoms with E-state index in [0.29, 0.717) is 13.1 Å². The van der Waals surface area contributed by atoms with Gasteiger partial charge in [0.05, 0.1) is 6.54 Å². The van der Waals surface area contributed by atoms with Crippen molar-refractivity contribution < 1.29 is 0 Å². The molecule has 2 nitrogen and oxygen atoms in total. The van der Waals surface area contributed by atoms with Crippen molar-refractivity contribution >= 4 is 21.4 Å². The summed E-state index contributed by atoms with van der Waals surface area (Å²) < 4.78 is 1.31. The molecule has 0 amide bonds. The molecule has 88 valence electrons. The van der Waals surface area contributed by atoms with Gasteiger partial charge in [-0.1, -0.05) is 24.1 Å². The Morgan fingerprint density at radius 3 is 3.00 bits per heavy atom. The first-order chi connectivity index (χ1) is 8.36. The standard InChI is InChI=1S/C14H16N2S/c1-2-3-8-16-13(9-15)12-10-17-14-7-5-4-6-11(12)14/h4-7,10,13,16H,8-9,15H2,1H3. The topological polar surface area (TPSA) is 38.0 Å². The SMILES string of the molecule is CC#CCNC(CN)c1csc2ccccc12. The third-order valence-corrected chi connectivity index (χ3v) is 3.72. The van der Waals surface area contributed by atoms with Crippen molar-refractivity contribution in [2.45, 2.75) is 13.0 Å². The minimum Gasteiger partial charge on any atom is -0.329 e. The summed E-state index contributed by atoms with van der Waals surface area (Å²) in [6.45, 7) is 3.12. The van der Waals surface area contributed by atoms with Gasteiger partial charge in [-0.2, -0.15) is 0 Å². The Morgan fingerprint density at radius 2 is 2.24 bits per heavy atom. The fraction of sp³-hybridized carbons (Fsp3) is 0.286. The van der Waals surface area contributed by atoms with E-state index < -0.39 is 0 Å². The normalized spacial score (nSPS) is 12.1. The molecule has 0 aliphatic heterocycles. The predicted molar refractivity (Wildman–Crippen MR) is 75.1 cm³/mol. The van der Waals surface area contributed by atoms with Gasteiger partial charge >= 0.3 is 0 Å². The first-order valence-electron chi connectivity index (χ1n) is 5.66. The number of benzene rings is 1. The van der Waals surface area contributed by atoms with Crippen LogP contribution in [0.1, 0.15) is 18.5 Å². The summed E-state index contributed by atoms with van der Waals surface area (Å²) in [6, 6.07) is 8.61. The van der Waals surface area contributed by atoms with E-state index in [2.05, 4.69) is 46.8 Å². The van der Waals surface area contributed by atoms with Gasteiger partial charge in [-0.3, -0.25) is 5.32 Å². The number of fused-ring (bicyclic) bond motifs is 1. The highest BCUT2D eigenvalue weighted by Gasteiger charge is 2.12. The van der Waals surface area contributed by atoms with Gasteiger partial charge in [0.2, 0.25) is 0 Å². The molecule has 0 aliphatic rings. The van der Waals surface area contributed by atoms with Crippen molar-refractivity contribution in [2.75, 3.05) is 13.1 Å². The molecule has 3 heteroatoms. The van der Waals surface area contributed by atoms with E-state index >= 15 is 0 Å². The van der Waals surface area contributed by atoms with E-state index in [1.807, 2.05) is 6.92 Å². The molecule has 1 atom stereocenters. The van der Waals surface area contributed by atoms with Gasteiger partial charge in [0.25, 0.3) is 0 Å². The second-order valence-electron chi connectivity index (χ2n) is 3.78. The maximum atomic E-state index is 5.83.